The molecule has 0 radical (unpaired) electrons. The largest absolute Gasteiger partial charge is 0.504 e. The summed E-state index contributed by atoms with van der Waals surface area (Å²) in [4.78, 5) is 11.8. The van der Waals surface area contributed by atoms with Gasteiger partial charge in [-0.1, -0.05) is 12.1 Å². The summed E-state index contributed by atoms with van der Waals surface area (Å²) in [7, 11) is 0. The molecule has 0 amide bonds. The van der Waals surface area contributed by atoms with Gasteiger partial charge in [-0.3, -0.25) is 0 Å². The number of hydrogen-bond acceptors (Lipinski definition) is 4. The number of aryl methyl sites for hydroxylation is 1. The van der Waals surface area contributed by atoms with Gasteiger partial charge in [-0.2, -0.15) is 0 Å². The van der Waals surface area contributed by atoms with Gasteiger partial charge in [0.15, 0.2) is 11.5 Å². The van der Waals surface area contributed by atoms with E-state index in [0.717, 1.165) is 5.56 Å². The average Bonchev–Trinajstić information content (AvgIpc) is 2.56. The highest BCUT2D eigenvalue weighted by atomic mass is 16.5. The van der Waals surface area contributed by atoms with E-state index in [4.69, 9.17) is 9.47 Å². The van der Waals surface area contributed by atoms with Crippen LogP contribution in [0, 0.1) is 6.92 Å². The molecule has 2 aromatic rings. The van der Waals surface area contributed by atoms with Crippen LogP contribution in [0.1, 0.15) is 30.5 Å². The number of aromatic hydroxyl groups is 1. The molecule has 132 valence electrons. The van der Waals surface area contributed by atoms with Crippen LogP contribution in [0.3, 0.4) is 0 Å². The fourth-order valence-corrected chi connectivity index (χ4v) is 2.51. The molecule has 0 fully saturated rings. The Morgan fingerprint density at radius 2 is 1.80 bits per heavy atom. The summed E-state index contributed by atoms with van der Waals surface area (Å²) in [6.07, 6.45) is 1.56. The summed E-state index contributed by atoms with van der Waals surface area (Å²) < 4.78 is 10.8. The number of carbonyl (C=O) groups is 1. The lowest BCUT2D eigenvalue weighted by molar-refractivity contribution is -0.130. The Morgan fingerprint density at radius 1 is 1.08 bits per heavy atom. The third-order valence-electron chi connectivity index (χ3n) is 3.62. The second-order valence-electron chi connectivity index (χ2n) is 5.43. The number of carboxylic acids is 1. The van der Waals surface area contributed by atoms with E-state index in [-0.39, 0.29) is 11.3 Å². The lowest BCUT2D eigenvalue weighted by atomic mass is 9.98. The molecule has 0 unspecified atom stereocenters. The minimum Gasteiger partial charge on any atom is -0.504 e. The smallest absolute Gasteiger partial charge is 0.336 e. The van der Waals surface area contributed by atoms with Crippen LogP contribution < -0.4 is 9.47 Å². The molecule has 0 atom stereocenters. The van der Waals surface area contributed by atoms with Gasteiger partial charge in [-0.25, -0.2) is 4.79 Å². The second kappa shape index (κ2) is 8.24. The van der Waals surface area contributed by atoms with Crippen LogP contribution in [-0.2, 0) is 4.79 Å². The predicted octanol–water partition coefficient (Wildman–Crippen LogP) is 4.12. The number of hydrogen-bond donors (Lipinski definition) is 2. The van der Waals surface area contributed by atoms with Gasteiger partial charge in [0.25, 0.3) is 0 Å². The summed E-state index contributed by atoms with van der Waals surface area (Å²) in [6, 6.07) is 10.1. The first kappa shape index (κ1) is 18.4. The molecule has 0 heterocycles. The fourth-order valence-electron chi connectivity index (χ4n) is 2.51. The van der Waals surface area contributed by atoms with Crippen LogP contribution in [0.5, 0.6) is 17.2 Å². The van der Waals surface area contributed by atoms with Crippen LogP contribution in [0.25, 0.3) is 11.6 Å². The Labute approximate surface area is 147 Å². The molecule has 0 aliphatic carbocycles. The van der Waals surface area contributed by atoms with E-state index in [2.05, 4.69) is 0 Å². The zero-order valence-electron chi connectivity index (χ0n) is 14.6. The van der Waals surface area contributed by atoms with Crippen molar-refractivity contribution in [1.82, 2.24) is 0 Å². The average molecular weight is 342 g/mol. The highest BCUT2D eigenvalue weighted by molar-refractivity contribution is 6.21. The SMILES string of the molecule is CCOc1ccc(/C(=C/c2ccc(O)c(OCC)c2)C(=O)O)c(C)c1. The Morgan fingerprint density at radius 3 is 2.40 bits per heavy atom. The number of phenolic OH excluding ortho intramolecular Hbond substituents is 1. The fraction of sp³-hybridized carbons (Fsp3) is 0.250. The van der Waals surface area contributed by atoms with Gasteiger partial charge in [0.1, 0.15) is 5.75 Å². The summed E-state index contributed by atoms with van der Waals surface area (Å²) in [5.41, 5.74) is 2.21. The van der Waals surface area contributed by atoms with Crippen molar-refractivity contribution in [2.45, 2.75) is 20.8 Å². The summed E-state index contributed by atoms with van der Waals surface area (Å²) in [5.74, 6) is 0.0209. The van der Waals surface area contributed by atoms with E-state index in [1.165, 1.54) is 6.07 Å². The van der Waals surface area contributed by atoms with E-state index in [9.17, 15) is 15.0 Å². The molecule has 0 bridgehead atoms. The van der Waals surface area contributed by atoms with Crippen molar-refractivity contribution in [3.8, 4) is 17.2 Å². The van der Waals surface area contributed by atoms with Crippen molar-refractivity contribution in [2.75, 3.05) is 13.2 Å². The summed E-state index contributed by atoms with van der Waals surface area (Å²) >= 11 is 0. The second-order valence-corrected chi connectivity index (χ2v) is 5.43. The molecule has 25 heavy (non-hydrogen) atoms. The van der Waals surface area contributed by atoms with E-state index < -0.39 is 5.97 Å². The molecule has 2 rings (SSSR count). The van der Waals surface area contributed by atoms with E-state index in [0.29, 0.717) is 35.8 Å². The van der Waals surface area contributed by atoms with Crippen LogP contribution in [0.2, 0.25) is 0 Å². The third-order valence-corrected chi connectivity index (χ3v) is 3.62. The molecule has 0 saturated heterocycles. The quantitative estimate of drug-likeness (QED) is 0.585. The maximum Gasteiger partial charge on any atom is 0.336 e. The zero-order valence-corrected chi connectivity index (χ0v) is 14.6. The Bertz CT molecular complexity index is 793. The molecule has 0 spiro atoms. The number of benzene rings is 2. The number of aliphatic carboxylic acids is 1. The molecular formula is C20H22O5. The number of carboxylic acid groups (broad SMARTS) is 1. The van der Waals surface area contributed by atoms with Crippen LogP contribution in [0.15, 0.2) is 36.4 Å². The lowest BCUT2D eigenvalue weighted by Crippen LogP contribution is -2.02. The Kier molecular flexibility index (Phi) is 6.06. The first-order valence-electron chi connectivity index (χ1n) is 8.10. The summed E-state index contributed by atoms with van der Waals surface area (Å²) in [5, 5.41) is 19.4. The first-order chi connectivity index (χ1) is 12.0. The molecule has 0 aliphatic heterocycles. The van der Waals surface area contributed by atoms with Gasteiger partial charge in [0.2, 0.25) is 0 Å². The van der Waals surface area contributed by atoms with E-state index >= 15 is 0 Å². The van der Waals surface area contributed by atoms with E-state index in [1.807, 2.05) is 26.8 Å². The zero-order chi connectivity index (χ0) is 18.4. The van der Waals surface area contributed by atoms with Crippen LogP contribution in [0.4, 0.5) is 0 Å². The van der Waals surface area contributed by atoms with Gasteiger partial charge < -0.3 is 19.7 Å². The van der Waals surface area contributed by atoms with Crippen LogP contribution in [-0.4, -0.2) is 29.4 Å². The van der Waals surface area contributed by atoms with E-state index in [1.54, 1.807) is 30.3 Å². The monoisotopic (exact) mass is 342 g/mol. The van der Waals surface area contributed by atoms with Gasteiger partial charge in [-0.15, -0.1) is 0 Å². The van der Waals surface area contributed by atoms with Crippen molar-refractivity contribution in [3.05, 3.63) is 53.1 Å². The first-order valence-corrected chi connectivity index (χ1v) is 8.10. The van der Waals surface area contributed by atoms with Gasteiger partial charge in [0.05, 0.1) is 18.8 Å². The van der Waals surface area contributed by atoms with Gasteiger partial charge >= 0.3 is 5.97 Å². The predicted molar refractivity (Wildman–Crippen MR) is 97.1 cm³/mol. The van der Waals surface area contributed by atoms with Crippen molar-refractivity contribution in [1.29, 1.82) is 0 Å². The van der Waals surface area contributed by atoms with Gasteiger partial charge in [-0.05, 0) is 67.8 Å². The molecule has 0 saturated carbocycles. The topological polar surface area (TPSA) is 76.0 Å². The number of ether oxygens (including phenoxy) is 2. The van der Waals surface area contributed by atoms with Crippen LogP contribution >= 0.6 is 0 Å². The van der Waals surface area contributed by atoms with Crippen molar-refractivity contribution in [3.63, 3.8) is 0 Å². The highest BCUT2D eigenvalue weighted by Crippen LogP contribution is 2.30. The minimum atomic E-state index is -1.03. The number of rotatable bonds is 7. The normalized spacial score (nSPS) is 11.2. The molecular weight excluding hydrogens is 320 g/mol. The molecule has 5 heteroatoms. The molecule has 0 aliphatic rings. The molecule has 2 N–H and O–H groups in total. The molecule has 2 aromatic carbocycles. The highest BCUT2D eigenvalue weighted by Gasteiger charge is 2.14. The maximum absolute atomic E-state index is 11.8. The molecule has 0 aromatic heterocycles. The molecule has 5 nitrogen and oxygen atoms in total. The van der Waals surface area contributed by atoms with Gasteiger partial charge in [0, 0.05) is 0 Å². The number of phenols is 1. The third kappa shape index (κ3) is 4.53. The van der Waals surface area contributed by atoms with Crippen molar-refractivity contribution < 1.29 is 24.5 Å². The standard InChI is InChI=1S/C20H22O5/c1-4-24-15-7-8-16(13(3)10-15)17(20(22)23)11-14-6-9-18(21)19(12-14)25-5-2/h6-12,21H,4-5H2,1-3H3,(H,22,23)/b17-11-. The Balaban J connectivity index is 2.46. The van der Waals surface area contributed by atoms with Crippen molar-refractivity contribution >= 4 is 17.6 Å². The van der Waals surface area contributed by atoms with Crippen molar-refractivity contribution in [2.24, 2.45) is 0 Å². The minimum absolute atomic E-state index is 0.0214. The summed E-state index contributed by atoms with van der Waals surface area (Å²) in [6.45, 7) is 6.51. The lowest BCUT2D eigenvalue weighted by Gasteiger charge is -2.11. The Hall–Kier alpha value is -2.95. The maximum atomic E-state index is 11.8.